The molecule has 19 heavy (non-hydrogen) atoms. The standard InChI is InChI=1S/C14H13FN2O2/c1-17(9-10-5-7-16-8-6-10)14(19)13-11(15)3-2-4-12(13)18/h2-8,18H,9H2,1H3. The fourth-order valence-corrected chi connectivity index (χ4v) is 1.75. The zero-order chi connectivity index (χ0) is 13.8. The minimum Gasteiger partial charge on any atom is -0.507 e. The number of aromatic hydroxyl groups is 1. The van der Waals surface area contributed by atoms with Crippen LogP contribution in [-0.2, 0) is 6.54 Å². The molecule has 0 atom stereocenters. The number of benzene rings is 1. The maximum absolute atomic E-state index is 13.6. The topological polar surface area (TPSA) is 53.4 Å². The second kappa shape index (κ2) is 5.48. The van der Waals surface area contributed by atoms with Crippen LogP contribution in [0.3, 0.4) is 0 Å². The van der Waals surface area contributed by atoms with Crippen molar-refractivity contribution >= 4 is 5.91 Å². The number of pyridine rings is 1. The monoisotopic (exact) mass is 260 g/mol. The highest BCUT2D eigenvalue weighted by molar-refractivity contribution is 5.96. The summed E-state index contributed by atoms with van der Waals surface area (Å²) in [5.74, 6) is -1.65. The van der Waals surface area contributed by atoms with Crippen molar-refractivity contribution in [1.82, 2.24) is 9.88 Å². The molecule has 1 amide bonds. The van der Waals surface area contributed by atoms with E-state index in [1.807, 2.05) is 0 Å². The van der Waals surface area contributed by atoms with Crippen LogP contribution < -0.4 is 0 Å². The number of aromatic nitrogens is 1. The highest BCUT2D eigenvalue weighted by Gasteiger charge is 2.20. The Morgan fingerprint density at radius 2 is 2.00 bits per heavy atom. The molecular formula is C14H13FN2O2. The van der Waals surface area contributed by atoms with Crippen LogP contribution in [0, 0.1) is 5.82 Å². The van der Waals surface area contributed by atoms with Crippen molar-refractivity contribution in [1.29, 1.82) is 0 Å². The first-order valence-corrected chi connectivity index (χ1v) is 5.71. The zero-order valence-corrected chi connectivity index (χ0v) is 10.4. The molecule has 0 saturated heterocycles. The molecule has 98 valence electrons. The SMILES string of the molecule is CN(Cc1ccncc1)C(=O)c1c(O)cccc1F. The smallest absolute Gasteiger partial charge is 0.260 e. The van der Waals surface area contributed by atoms with E-state index in [-0.39, 0.29) is 11.3 Å². The van der Waals surface area contributed by atoms with Crippen molar-refractivity contribution in [3.8, 4) is 5.75 Å². The van der Waals surface area contributed by atoms with Crippen LogP contribution in [0.1, 0.15) is 15.9 Å². The Labute approximate surface area is 110 Å². The molecule has 1 heterocycles. The van der Waals surface area contributed by atoms with Gasteiger partial charge in [0.05, 0.1) is 0 Å². The van der Waals surface area contributed by atoms with Gasteiger partial charge < -0.3 is 10.0 Å². The van der Waals surface area contributed by atoms with E-state index in [1.54, 1.807) is 31.6 Å². The molecule has 1 aromatic heterocycles. The maximum Gasteiger partial charge on any atom is 0.260 e. The van der Waals surface area contributed by atoms with Gasteiger partial charge in [0.25, 0.3) is 5.91 Å². The number of phenols is 1. The third-order valence-electron chi connectivity index (χ3n) is 2.72. The van der Waals surface area contributed by atoms with E-state index in [9.17, 15) is 14.3 Å². The van der Waals surface area contributed by atoms with Crippen LogP contribution in [0.4, 0.5) is 4.39 Å². The number of carbonyl (C=O) groups is 1. The molecule has 1 N–H and O–H groups in total. The predicted molar refractivity (Wildman–Crippen MR) is 68.1 cm³/mol. The molecule has 0 radical (unpaired) electrons. The first-order valence-electron chi connectivity index (χ1n) is 5.71. The average molecular weight is 260 g/mol. The number of nitrogens with zero attached hydrogens (tertiary/aromatic N) is 2. The summed E-state index contributed by atoms with van der Waals surface area (Å²) in [5.41, 5.74) is 0.570. The minimum absolute atomic E-state index is 0.306. The molecule has 0 aliphatic heterocycles. The Balaban J connectivity index is 2.20. The molecule has 2 rings (SSSR count). The average Bonchev–Trinajstić information content (AvgIpc) is 2.39. The molecule has 5 heteroatoms. The van der Waals surface area contributed by atoms with Crippen molar-refractivity contribution in [3.63, 3.8) is 0 Å². The summed E-state index contributed by atoms with van der Waals surface area (Å²) in [6.45, 7) is 0.315. The van der Waals surface area contributed by atoms with E-state index >= 15 is 0 Å². The predicted octanol–water partition coefficient (Wildman–Crippen LogP) is 2.20. The summed E-state index contributed by atoms with van der Waals surface area (Å²) in [7, 11) is 1.55. The fourth-order valence-electron chi connectivity index (χ4n) is 1.75. The lowest BCUT2D eigenvalue weighted by molar-refractivity contribution is 0.0777. The van der Waals surface area contributed by atoms with E-state index in [2.05, 4.69) is 4.98 Å². The Morgan fingerprint density at radius 1 is 1.32 bits per heavy atom. The number of hydrogen-bond acceptors (Lipinski definition) is 3. The van der Waals surface area contributed by atoms with Gasteiger partial charge in [-0.1, -0.05) is 6.07 Å². The molecule has 0 unspecified atom stereocenters. The van der Waals surface area contributed by atoms with Crippen molar-refractivity contribution < 1.29 is 14.3 Å². The molecule has 0 spiro atoms. The third kappa shape index (κ3) is 2.88. The Kier molecular flexibility index (Phi) is 3.75. The van der Waals surface area contributed by atoms with Crippen LogP contribution in [0.25, 0.3) is 0 Å². The van der Waals surface area contributed by atoms with Crippen molar-refractivity contribution in [2.24, 2.45) is 0 Å². The lowest BCUT2D eigenvalue weighted by Gasteiger charge is -2.18. The normalized spacial score (nSPS) is 10.2. The number of phenolic OH excluding ortho intramolecular Hbond substituents is 1. The van der Waals surface area contributed by atoms with Gasteiger partial charge in [-0.3, -0.25) is 9.78 Å². The summed E-state index contributed by atoms with van der Waals surface area (Å²) in [5, 5.41) is 9.58. The first-order chi connectivity index (χ1) is 9.09. The van der Waals surface area contributed by atoms with Gasteiger partial charge in [-0.15, -0.1) is 0 Å². The van der Waals surface area contributed by atoms with Gasteiger partial charge in [-0.25, -0.2) is 4.39 Å². The van der Waals surface area contributed by atoms with Crippen molar-refractivity contribution in [2.75, 3.05) is 7.05 Å². The second-order valence-electron chi connectivity index (χ2n) is 4.15. The lowest BCUT2D eigenvalue weighted by Crippen LogP contribution is -2.27. The van der Waals surface area contributed by atoms with Crippen LogP contribution in [0.5, 0.6) is 5.75 Å². The Morgan fingerprint density at radius 3 is 2.63 bits per heavy atom. The summed E-state index contributed by atoms with van der Waals surface area (Å²) in [4.78, 5) is 17.3. The number of amides is 1. The van der Waals surface area contributed by atoms with Crippen LogP contribution in [0.2, 0.25) is 0 Å². The van der Waals surface area contributed by atoms with Gasteiger partial charge >= 0.3 is 0 Å². The summed E-state index contributed by atoms with van der Waals surface area (Å²) in [6.07, 6.45) is 3.24. The molecular weight excluding hydrogens is 247 g/mol. The summed E-state index contributed by atoms with van der Waals surface area (Å²) < 4.78 is 13.6. The second-order valence-corrected chi connectivity index (χ2v) is 4.15. The van der Waals surface area contributed by atoms with Crippen molar-refractivity contribution in [2.45, 2.75) is 6.54 Å². The number of hydrogen-bond donors (Lipinski definition) is 1. The lowest BCUT2D eigenvalue weighted by atomic mass is 10.1. The van der Waals surface area contributed by atoms with Gasteiger partial charge in [0.15, 0.2) is 0 Å². The van der Waals surface area contributed by atoms with Crippen LogP contribution in [-0.4, -0.2) is 27.9 Å². The van der Waals surface area contributed by atoms with E-state index in [1.165, 1.54) is 17.0 Å². The molecule has 0 bridgehead atoms. The van der Waals surface area contributed by atoms with E-state index in [4.69, 9.17) is 0 Å². The molecule has 2 aromatic rings. The van der Waals surface area contributed by atoms with Gasteiger partial charge in [-0.05, 0) is 29.8 Å². The van der Waals surface area contributed by atoms with E-state index < -0.39 is 11.7 Å². The number of carbonyl (C=O) groups excluding carboxylic acids is 1. The molecule has 0 saturated carbocycles. The summed E-state index contributed by atoms with van der Waals surface area (Å²) in [6, 6.07) is 7.32. The minimum atomic E-state index is -0.730. The van der Waals surface area contributed by atoms with Crippen molar-refractivity contribution in [3.05, 3.63) is 59.7 Å². The largest absolute Gasteiger partial charge is 0.507 e. The van der Waals surface area contributed by atoms with E-state index in [0.29, 0.717) is 6.54 Å². The van der Waals surface area contributed by atoms with Gasteiger partial charge in [0, 0.05) is 26.0 Å². The fraction of sp³-hybridized carbons (Fsp3) is 0.143. The van der Waals surface area contributed by atoms with Gasteiger partial charge in [-0.2, -0.15) is 0 Å². The third-order valence-corrected chi connectivity index (χ3v) is 2.72. The molecule has 0 aliphatic rings. The highest BCUT2D eigenvalue weighted by Crippen LogP contribution is 2.21. The Bertz CT molecular complexity index is 567. The highest BCUT2D eigenvalue weighted by atomic mass is 19.1. The maximum atomic E-state index is 13.6. The number of rotatable bonds is 3. The molecule has 0 aliphatic carbocycles. The molecule has 0 fully saturated rings. The van der Waals surface area contributed by atoms with Gasteiger partial charge in [0.1, 0.15) is 17.1 Å². The molecule has 4 nitrogen and oxygen atoms in total. The quantitative estimate of drug-likeness (QED) is 0.920. The van der Waals surface area contributed by atoms with Gasteiger partial charge in [0.2, 0.25) is 0 Å². The zero-order valence-electron chi connectivity index (χ0n) is 10.4. The van der Waals surface area contributed by atoms with Crippen LogP contribution >= 0.6 is 0 Å². The first kappa shape index (κ1) is 13.0. The van der Waals surface area contributed by atoms with E-state index in [0.717, 1.165) is 11.6 Å². The number of halogens is 1. The molecule has 1 aromatic carbocycles. The van der Waals surface area contributed by atoms with Crippen LogP contribution in [0.15, 0.2) is 42.7 Å². The Hall–Kier alpha value is -2.43. The summed E-state index contributed by atoms with van der Waals surface area (Å²) >= 11 is 0.